The molecule has 4 nitrogen and oxygen atoms in total. The number of halogens is 1. The highest BCUT2D eigenvalue weighted by atomic mass is 35.5. The topological polar surface area (TPSA) is 26.8 Å². The van der Waals surface area contributed by atoms with Gasteiger partial charge in [0, 0.05) is 30.9 Å². The molecule has 1 heterocycles. The fraction of sp³-hybridized carbons (Fsp3) is 0.929. The lowest BCUT2D eigenvalue weighted by Crippen LogP contribution is -2.50. The molecule has 5 heteroatoms. The van der Waals surface area contributed by atoms with Crippen molar-refractivity contribution in [3.8, 4) is 0 Å². The number of hydrogen-bond acceptors (Lipinski definition) is 3. The molecule has 0 N–H and O–H groups in total. The SMILES string of the molecule is CC(CCl)C(=O)N(CCN(C)C)C1CCN(C)CC1. The van der Waals surface area contributed by atoms with Crippen LogP contribution in [0.1, 0.15) is 19.8 Å². The van der Waals surface area contributed by atoms with Gasteiger partial charge >= 0.3 is 0 Å². The molecule has 1 unspecified atom stereocenters. The van der Waals surface area contributed by atoms with Crippen molar-refractivity contribution in [1.29, 1.82) is 0 Å². The first kappa shape index (κ1) is 16.7. The molecule has 0 radical (unpaired) electrons. The Bertz CT molecular complexity index is 278. The molecule has 0 aromatic carbocycles. The summed E-state index contributed by atoms with van der Waals surface area (Å²) < 4.78 is 0. The second kappa shape index (κ2) is 8.08. The second-order valence-electron chi connectivity index (χ2n) is 5.92. The highest BCUT2D eigenvalue weighted by molar-refractivity contribution is 6.19. The average molecular weight is 290 g/mol. The quantitative estimate of drug-likeness (QED) is 0.691. The molecule has 0 spiro atoms. The number of likely N-dealkylation sites (N-methyl/N-ethyl adjacent to an activating group) is 1. The summed E-state index contributed by atoms with van der Waals surface area (Å²) in [6.45, 7) is 5.79. The van der Waals surface area contributed by atoms with E-state index in [1.807, 2.05) is 21.0 Å². The van der Waals surface area contributed by atoms with Gasteiger partial charge in [-0.25, -0.2) is 0 Å². The molecule has 1 rings (SSSR count). The maximum absolute atomic E-state index is 12.5. The first-order chi connectivity index (χ1) is 8.95. The Balaban J connectivity index is 2.65. The minimum Gasteiger partial charge on any atom is -0.338 e. The van der Waals surface area contributed by atoms with E-state index in [1.165, 1.54) is 0 Å². The van der Waals surface area contributed by atoms with Crippen molar-refractivity contribution < 1.29 is 4.79 Å². The minimum atomic E-state index is -0.0801. The van der Waals surface area contributed by atoms with Crippen LogP contribution in [-0.2, 0) is 4.79 Å². The Morgan fingerprint density at radius 3 is 2.37 bits per heavy atom. The molecule has 1 atom stereocenters. The molecule has 1 fully saturated rings. The van der Waals surface area contributed by atoms with Crippen LogP contribution in [0.5, 0.6) is 0 Å². The summed E-state index contributed by atoms with van der Waals surface area (Å²) in [4.78, 5) is 19.0. The van der Waals surface area contributed by atoms with Crippen LogP contribution in [0.15, 0.2) is 0 Å². The van der Waals surface area contributed by atoms with Gasteiger partial charge in [0.25, 0.3) is 0 Å². The number of likely N-dealkylation sites (tertiary alicyclic amines) is 1. The van der Waals surface area contributed by atoms with Crippen LogP contribution in [0.2, 0.25) is 0 Å². The lowest BCUT2D eigenvalue weighted by molar-refractivity contribution is -0.137. The second-order valence-corrected chi connectivity index (χ2v) is 6.23. The number of piperidine rings is 1. The van der Waals surface area contributed by atoms with Gasteiger partial charge in [0.05, 0.1) is 0 Å². The third kappa shape index (κ3) is 5.28. The third-order valence-corrected chi connectivity index (χ3v) is 4.32. The van der Waals surface area contributed by atoms with Crippen molar-refractivity contribution >= 4 is 17.5 Å². The Kier molecular flexibility index (Phi) is 7.11. The molecule has 112 valence electrons. The monoisotopic (exact) mass is 289 g/mol. The largest absolute Gasteiger partial charge is 0.338 e. The molecule has 1 aliphatic heterocycles. The van der Waals surface area contributed by atoms with Gasteiger partial charge in [-0.3, -0.25) is 4.79 Å². The molecular formula is C14H28ClN3O. The van der Waals surface area contributed by atoms with E-state index in [9.17, 15) is 4.79 Å². The normalized spacial score (nSPS) is 19.7. The first-order valence-corrected chi connectivity index (χ1v) is 7.69. The highest BCUT2D eigenvalue weighted by Crippen LogP contribution is 2.18. The van der Waals surface area contributed by atoms with Crippen molar-refractivity contribution in [2.45, 2.75) is 25.8 Å². The van der Waals surface area contributed by atoms with E-state index in [0.717, 1.165) is 39.0 Å². The van der Waals surface area contributed by atoms with E-state index in [2.05, 4.69) is 21.7 Å². The van der Waals surface area contributed by atoms with Crippen LogP contribution in [0.3, 0.4) is 0 Å². The van der Waals surface area contributed by atoms with E-state index in [0.29, 0.717) is 11.9 Å². The van der Waals surface area contributed by atoms with E-state index in [-0.39, 0.29) is 11.8 Å². The predicted molar refractivity (Wildman–Crippen MR) is 80.7 cm³/mol. The molecule has 1 amide bonds. The van der Waals surface area contributed by atoms with E-state index >= 15 is 0 Å². The van der Waals surface area contributed by atoms with Crippen molar-refractivity contribution in [2.24, 2.45) is 5.92 Å². The van der Waals surface area contributed by atoms with E-state index in [4.69, 9.17) is 11.6 Å². The number of alkyl halides is 1. The first-order valence-electron chi connectivity index (χ1n) is 7.15. The summed E-state index contributed by atoms with van der Waals surface area (Å²) in [6.07, 6.45) is 2.15. The maximum atomic E-state index is 12.5. The Labute approximate surface area is 122 Å². The van der Waals surface area contributed by atoms with Crippen LogP contribution in [0, 0.1) is 5.92 Å². The van der Waals surface area contributed by atoms with Crippen LogP contribution in [0.25, 0.3) is 0 Å². The van der Waals surface area contributed by atoms with Crippen LogP contribution < -0.4 is 0 Å². The number of nitrogens with zero attached hydrogens (tertiary/aromatic N) is 3. The fourth-order valence-electron chi connectivity index (χ4n) is 2.44. The summed E-state index contributed by atoms with van der Waals surface area (Å²) in [5.74, 6) is 0.541. The van der Waals surface area contributed by atoms with Crippen LogP contribution in [0.4, 0.5) is 0 Å². The molecule has 1 aliphatic rings. The van der Waals surface area contributed by atoms with Gasteiger partial charge in [-0.2, -0.15) is 0 Å². The molecule has 0 aromatic rings. The predicted octanol–water partition coefficient (Wildman–Crippen LogP) is 1.35. The lowest BCUT2D eigenvalue weighted by Gasteiger charge is -2.39. The van der Waals surface area contributed by atoms with Gasteiger partial charge in [-0.15, -0.1) is 11.6 Å². The molecule has 1 saturated heterocycles. The number of hydrogen-bond donors (Lipinski definition) is 0. The van der Waals surface area contributed by atoms with Crippen molar-refractivity contribution in [1.82, 2.24) is 14.7 Å². The van der Waals surface area contributed by atoms with Crippen molar-refractivity contribution in [3.63, 3.8) is 0 Å². The molecular weight excluding hydrogens is 262 g/mol. The Morgan fingerprint density at radius 1 is 1.32 bits per heavy atom. The standard InChI is InChI=1S/C14H28ClN3O/c1-12(11-15)14(19)18(10-9-16(2)3)13-5-7-17(4)8-6-13/h12-13H,5-11H2,1-4H3. The van der Waals surface area contributed by atoms with Gasteiger partial charge in [-0.1, -0.05) is 6.92 Å². The summed E-state index contributed by atoms with van der Waals surface area (Å²) in [5, 5.41) is 0. The summed E-state index contributed by atoms with van der Waals surface area (Å²) in [5.41, 5.74) is 0. The zero-order chi connectivity index (χ0) is 14.4. The zero-order valence-corrected chi connectivity index (χ0v) is 13.5. The smallest absolute Gasteiger partial charge is 0.226 e. The average Bonchev–Trinajstić information content (AvgIpc) is 2.39. The van der Waals surface area contributed by atoms with Gasteiger partial charge in [-0.05, 0) is 47.1 Å². The highest BCUT2D eigenvalue weighted by Gasteiger charge is 2.29. The number of carbonyl (C=O) groups excluding carboxylic acids is 1. The Morgan fingerprint density at radius 2 is 1.89 bits per heavy atom. The summed E-state index contributed by atoms with van der Waals surface area (Å²) in [6, 6.07) is 0.384. The summed E-state index contributed by atoms with van der Waals surface area (Å²) in [7, 11) is 6.23. The van der Waals surface area contributed by atoms with Crippen molar-refractivity contribution in [3.05, 3.63) is 0 Å². The third-order valence-electron chi connectivity index (χ3n) is 3.85. The maximum Gasteiger partial charge on any atom is 0.226 e. The molecule has 0 saturated carbocycles. The zero-order valence-electron chi connectivity index (χ0n) is 12.7. The molecule has 0 aliphatic carbocycles. The Hall–Kier alpha value is -0.320. The molecule has 0 aromatic heterocycles. The molecule has 19 heavy (non-hydrogen) atoms. The number of carbonyl (C=O) groups is 1. The molecule has 0 bridgehead atoms. The summed E-state index contributed by atoms with van der Waals surface area (Å²) >= 11 is 5.85. The lowest BCUT2D eigenvalue weighted by atomic mass is 10.0. The van der Waals surface area contributed by atoms with Crippen molar-refractivity contribution in [2.75, 3.05) is 53.2 Å². The fourth-order valence-corrected chi connectivity index (χ4v) is 2.57. The van der Waals surface area contributed by atoms with E-state index < -0.39 is 0 Å². The number of rotatable bonds is 6. The van der Waals surface area contributed by atoms with E-state index in [1.54, 1.807) is 0 Å². The van der Waals surface area contributed by atoms with Crippen LogP contribution >= 0.6 is 11.6 Å². The van der Waals surface area contributed by atoms with Crippen LogP contribution in [-0.4, -0.2) is 79.9 Å². The minimum absolute atomic E-state index is 0.0801. The number of amides is 1. The van der Waals surface area contributed by atoms with Gasteiger partial charge < -0.3 is 14.7 Å². The van der Waals surface area contributed by atoms with Gasteiger partial charge in [0.15, 0.2) is 0 Å². The van der Waals surface area contributed by atoms with Gasteiger partial charge in [0.1, 0.15) is 0 Å². The van der Waals surface area contributed by atoms with Gasteiger partial charge in [0.2, 0.25) is 5.91 Å².